The smallest absolute Gasteiger partial charge is 0.332 e. The molecule has 0 fully saturated rings. The molecule has 0 spiro atoms. The average Bonchev–Trinajstić information content (AvgIpc) is 2.52. The number of aryl methyl sites for hydroxylation is 1. The van der Waals surface area contributed by atoms with Crippen LogP contribution in [-0.4, -0.2) is 41.1 Å². The van der Waals surface area contributed by atoms with Crippen molar-refractivity contribution in [2.24, 2.45) is 0 Å². The van der Waals surface area contributed by atoms with Crippen molar-refractivity contribution in [1.29, 1.82) is 0 Å². The van der Waals surface area contributed by atoms with Gasteiger partial charge in [-0.2, -0.15) is 0 Å². The van der Waals surface area contributed by atoms with Gasteiger partial charge in [-0.15, -0.1) is 0 Å². The van der Waals surface area contributed by atoms with Crippen molar-refractivity contribution in [2.45, 2.75) is 33.1 Å². The quantitative estimate of drug-likeness (QED) is 0.388. The summed E-state index contributed by atoms with van der Waals surface area (Å²) in [5.41, 5.74) is 1.52. The second-order valence-corrected chi connectivity index (χ2v) is 5.37. The third-order valence-electron chi connectivity index (χ3n) is 3.51. The van der Waals surface area contributed by atoms with E-state index in [1.807, 2.05) is 6.92 Å². The maximum atomic E-state index is 12.4. The van der Waals surface area contributed by atoms with Gasteiger partial charge in [-0.25, -0.2) is 4.79 Å². The summed E-state index contributed by atoms with van der Waals surface area (Å²) >= 11 is 0. The lowest BCUT2D eigenvalue weighted by atomic mass is 9.94. The van der Waals surface area contributed by atoms with Gasteiger partial charge in [0.1, 0.15) is 0 Å². The van der Waals surface area contributed by atoms with Gasteiger partial charge in [-0.3, -0.25) is 9.59 Å². The highest BCUT2D eigenvalue weighted by Gasteiger charge is 2.20. The van der Waals surface area contributed by atoms with E-state index in [2.05, 4.69) is 0 Å². The summed E-state index contributed by atoms with van der Waals surface area (Å²) < 4.78 is 5.22. The predicted molar refractivity (Wildman–Crippen MR) is 88.2 cm³/mol. The maximum Gasteiger partial charge on any atom is 0.332 e. The van der Waals surface area contributed by atoms with Crippen LogP contribution in [0.15, 0.2) is 35.4 Å². The normalized spacial score (nSPS) is 11.8. The van der Waals surface area contributed by atoms with E-state index in [0.717, 1.165) is 5.56 Å². The number of ether oxygens (including phenoxy) is 1. The van der Waals surface area contributed by atoms with Gasteiger partial charge in [0.2, 0.25) is 0 Å². The van der Waals surface area contributed by atoms with Gasteiger partial charge in [0.15, 0.2) is 5.78 Å². The number of rotatable bonds is 10. The van der Waals surface area contributed by atoms with Crippen LogP contribution >= 0.6 is 0 Å². The number of Topliss-reactive ketones (excluding diaryl/α,β-unsaturated/α-hetero) is 1. The average molecular weight is 334 g/mol. The van der Waals surface area contributed by atoms with Crippen molar-refractivity contribution in [3.8, 4) is 0 Å². The molecule has 0 aromatic heterocycles. The Morgan fingerprint density at radius 3 is 2.17 bits per heavy atom. The fraction of sp³-hybridized carbons (Fsp3) is 0.389. The van der Waals surface area contributed by atoms with Gasteiger partial charge in [0, 0.05) is 24.2 Å². The van der Waals surface area contributed by atoms with Crippen LogP contribution in [0.25, 0.3) is 0 Å². The van der Waals surface area contributed by atoms with Crippen molar-refractivity contribution in [2.75, 3.05) is 13.2 Å². The highest BCUT2D eigenvalue weighted by molar-refractivity contribution is 6.00. The summed E-state index contributed by atoms with van der Waals surface area (Å²) in [6, 6.07) is 6.95. The van der Waals surface area contributed by atoms with Crippen LogP contribution in [0.1, 0.15) is 42.1 Å². The number of carboxylic acids is 2. The molecule has 0 atom stereocenters. The Kier molecular flexibility index (Phi) is 7.85. The Morgan fingerprint density at radius 2 is 1.67 bits per heavy atom. The van der Waals surface area contributed by atoms with E-state index < -0.39 is 18.4 Å². The maximum absolute atomic E-state index is 12.4. The Bertz CT molecular complexity index is 627. The van der Waals surface area contributed by atoms with E-state index in [1.165, 1.54) is 0 Å². The topological polar surface area (TPSA) is 101 Å². The molecule has 0 unspecified atom stereocenters. The lowest BCUT2D eigenvalue weighted by Gasteiger charge is -2.12. The summed E-state index contributed by atoms with van der Waals surface area (Å²) in [5, 5.41) is 18.2. The minimum atomic E-state index is -1.32. The summed E-state index contributed by atoms with van der Waals surface area (Å²) in [7, 11) is 0. The van der Waals surface area contributed by atoms with Crippen molar-refractivity contribution in [3.63, 3.8) is 0 Å². The molecule has 1 aromatic carbocycles. The molecule has 0 amide bonds. The van der Waals surface area contributed by atoms with E-state index in [-0.39, 0.29) is 30.8 Å². The van der Waals surface area contributed by atoms with Crippen molar-refractivity contribution >= 4 is 17.7 Å². The largest absolute Gasteiger partial charge is 0.481 e. The Hall–Kier alpha value is -2.47. The second-order valence-electron chi connectivity index (χ2n) is 5.37. The van der Waals surface area contributed by atoms with Crippen LogP contribution in [0, 0.1) is 6.92 Å². The Balaban J connectivity index is 3.06. The van der Waals surface area contributed by atoms with Gasteiger partial charge in [-0.05, 0) is 25.8 Å². The standard InChI is InChI=1S/C18H22O6/c1-3-24-9-8-14(15(18(22)23)11-17(20)21)10-16(19)13-6-4-12(2)5-7-13/h4-7H,3,8-11H2,1-2H3,(H,20,21)(H,22,23). The second kappa shape index (κ2) is 9.62. The van der Waals surface area contributed by atoms with E-state index >= 15 is 0 Å². The van der Waals surface area contributed by atoms with Crippen LogP contribution in [-0.2, 0) is 14.3 Å². The number of hydrogen-bond acceptors (Lipinski definition) is 4. The Morgan fingerprint density at radius 1 is 1.04 bits per heavy atom. The minimum Gasteiger partial charge on any atom is -0.481 e. The number of hydrogen-bond donors (Lipinski definition) is 2. The molecule has 0 aliphatic heterocycles. The van der Waals surface area contributed by atoms with Crippen LogP contribution in [0.3, 0.4) is 0 Å². The monoisotopic (exact) mass is 334 g/mol. The molecule has 1 rings (SSSR count). The minimum absolute atomic E-state index is 0.134. The lowest BCUT2D eigenvalue weighted by molar-refractivity contribution is -0.139. The molecule has 0 bridgehead atoms. The molecular formula is C18H22O6. The van der Waals surface area contributed by atoms with Gasteiger partial charge in [0.25, 0.3) is 0 Å². The zero-order valence-electron chi connectivity index (χ0n) is 13.9. The predicted octanol–water partition coefficient (Wildman–Crippen LogP) is 2.85. The molecule has 0 aliphatic carbocycles. The van der Waals surface area contributed by atoms with Crippen molar-refractivity contribution in [3.05, 3.63) is 46.5 Å². The van der Waals surface area contributed by atoms with Crippen LogP contribution in [0.5, 0.6) is 0 Å². The first kappa shape index (κ1) is 19.6. The number of carboxylic acid groups (broad SMARTS) is 2. The summed E-state index contributed by atoms with van der Waals surface area (Å²) in [4.78, 5) is 34.7. The summed E-state index contributed by atoms with van der Waals surface area (Å²) in [5.74, 6) is -2.81. The van der Waals surface area contributed by atoms with Crippen molar-refractivity contribution < 1.29 is 29.3 Å². The van der Waals surface area contributed by atoms with Crippen molar-refractivity contribution in [1.82, 2.24) is 0 Å². The highest BCUT2D eigenvalue weighted by Crippen LogP contribution is 2.20. The first-order chi connectivity index (χ1) is 11.3. The molecule has 0 saturated carbocycles. The van der Waals surface area contributed by atoms with Gasteiger partial charge >= 0.3 is 11.9 Å². The molecule has 6 nitrogen and oxygen atoms in total. The van der Waals surface area contributed by atoms with Gasteiger partial charge in [-0.1, -0.05) is 29.8 Å². The molecule has 0 saturated heterocycles. The molecule has 6 heteroatoms. The fourth-order valence-electron chi connectivity index (χ4n) is 2.22. The highest BCUT2D eigenvalue weighted by atomic mass is 16.5. The number of aliphatic carboxylic acids is 2. The number of benzene rings is 1. The molecular weight excluding hydrogens is 312 g/mol. The van der Waals surface area contributed by atoms with Gasteiger partial charge < -0.3 is 14.9 Å². The van der Waals surface area contributed by atoms with E-state index in [4.69, 9.17) is 9.84 Å². The molecule has 2 N–H and O–H groups in total. The molecule has 24 heavy (non-hydrogen) atoms. The first-order valence-electron chi connectivity index (χ1n) is 7.68. The molecule has 130 valence electrons. The van der Waals surface area contributed by atoms with Crippen LogP contribution < -0.4 is 0 Å². The molecule has 0 aliphatic rings. The third kappa shape index (κ3) is 6.34. The number of carbonyl (C=O) groups is 3. The first-order valence-corrected chi connectivity index (χ1v) is 7.68. The zero-order chi connectivity index (χ0) is 18.1. The van der Waals surface area contributed by atoms with E-state index in [0.29, 0.717) is 17.7 Å². The third-order valence-corrected chi connectivity index (χ3v) is 3.51. The summed E-state index contributed by atoms with van der Waals surface area (Å²) in [6.07, 6.45) is -0.552. The molecule has 0 radical (unpaired) electrons. The van der Waals surface area contributed by atoms with Crippen LogP contribution in [0.2, 0.25) is 0 Å². The molecule has 0 heterocycles. The van der Waals surface area contributed by atoms with E-state index in [9.17, 15) is 19.5 Å². The lowest BCUT2D eigenvalue weighted by Crippen LogP contribution is -2.14. The zero-order valence-corrected chi connectivity index (χ0v) is 13.9. The Labute approximate surface area is 140 Å². The number of ketones is 1. The number of carbonyl (C=O) groups excluding carboxylic acids is 1. The van der Waals surface area contributed by atoms with E-state index in [1.54, 1.807) is 31.2 Å². The summed E-state index contributed by atoms with van der Waals surface area (Å²) in [6.45, 7) is 4.40. The van der Waals surface area contributed by atoms with Gasteiger partial charge in [0.05, 0.1) is 13.0 Å². The fourth-order valence-corrected chi connectivity index (χ4v) is 2.22. The van der Waals surface area contributed by atoms with Crippen LogP contribution in [0.4, 0.5) is 0 Å². The SMILES string of the molecule is CCOCCC(CC(=O)c1ccc(C)cc1)=C(CC(=O)O)C(=O)O. The molecule has 1 aromatic rings.